The number of nitrogen functional groups attached to an aromatic ring is 1. The fraction of sp³-hybridized carbons (Fsp3) is 0.621. The highest BCUT2D eigenvalue weighted by Gasteiger charge is 2.47. The normalized spacial score (nSPS) is 27.5. The molecule has 45 heavy (non-hydrogen) atoms. The molecule has 2 aliphatic rings. The van der Waals surface area contributed by atoms with Crippen molar-refractivity contribution in [3.63, 3.8) is 0 Å². The van der Waals surface area contributed by atoms with Crippen LogP contribution in [0.1, 0.15) is 27.0 Å². The number of hydrogen-bond acceptors (Lipinski definition) is 14. The van der Waals surface area contributed by atoms with Crippen molar-refractivity contribution in [2.24, 2.45) is 0 Å². The molecule has 0 saturated carbocycles. The summed E-state index contributed by atoms with van der Waals surface area (Å²) >= 11 is 0. The number of aliphatic hydroxyl groups is 2. The molecule has 2 fully saturated rings. The minimum Gasteiger partial charge on any atom is -0.468 e. The summed E-state index contributed by atoms with van der Waals surface area (Å²) in [6.07, 6.45) is -3.90. The van der Waals surface area contributed by atoms with E-state index in [0.29, 0.717) is 19.0 Å². The van der Waals surface area contributed by atoms with Crippen LogP contribution in [0.15, 0.2) is 41.5 Å². The molecule has 0 amide bonds. The Morgan fingerprint density at radius 2 is 1.67 bits per heavy atom. The quantitative estimate of drug-likeness (QED) is 0.203. The Labute approximate surface area is 261 Å². The Kier molecular flexibility index (Phi) is 14.6. The number of nitrogens with two attached hydrogens (primary N) is 1. The van der Waals surface area contributed by atoms with Gasteiger partial charge in [0, 0.05) is 27.9 Å². The molecule has 2 saturated heterocycles. The number of benzene rings is 1. The predicted molar refractivity (Wildman–Crippen MR) is 161 cm³/mol. The van der Waals surface area contributed by atoms with E-state index in [9.17, 15) is 15.0 Å². The molecule has 8 atom stereocenters. The molecule has 0 spiro atoms. The summed E-state index contributed by atoms with van der Waals surface area (Å²) in [7, 11) is 4.62. The van der Waals surface area contributed by atoms with Crippen molar-refractivity contribution in [3.8, 4) is 5.75 Å². The lowest BCUT2D eigenvalue weighted by Gasteiger charge is -2.22. The van der Waals surface area contributed by atoms with Gasteiger partial charge < -0.3 is 53.8 Å². The number of ether oxygens (including phenoxy) is 8. The average Bonchev–Trinajstić information content (AvgIpc) is 3.69. The third-order valence-corrected chi connectivity index (χ3v) is 6.82. The minimum absolute atomic E-state index is 0.0545. The highest BCUT2D eigenvalue weighted by atomic mass is 16.7. The zero-order chi connectivity index (χ0) is 32.9. The van der Waals surface area contributed by atoms with Gasteiger partial charge in [0.25, 0.3) is 5.56 Å². The lowest BCUT2D eigenvalue weighted by molar-refractivity contribution is -0.167. The van der Waals surface area contributed by atoms with E-state index in [1.165, 1.54) is 25.1 Å². The standard InChI is InChI=1S/C18H21N5O6.C9H18O5.C2H6/c1-26-7-11-13(24)14(28-9-27-10-5-3-2-4-6-10)17(29-11)23-8-20-12-15(23)21-18(19)22-16(12)25;1-4-13-9-7(10)8(12-3)6(14-9)5-11-2;1-2/h2-6,8,11,13-14,17,24H,7,9H2,1H3,(H3,19,21,22,25);6-10H,4-5H2,1-3H3;1-2H3. The summed E-state index contributed by atoms with van der Waals surface area (Å²) < 4.78 is 44.7. The Morgan fingerprint density at radius 1 is 0.978 bits per heavy atom. The lowest BCUT2D eigenvalue weighted by atomic mass is 10.1. The monoisotopic (exact) mass is 639 g/mol. The molecule has 16 heteroatoms. The maximum atomic E-state index is 12.1. The Morgan fingerprint density at radius 3 is 2.31 bits per heavy atom. The van der Waals surface area contributed by atoms with E-state index in [1.807, 2.05) is 39.0 Å². The maximum Gasteiger partial charge on any atom is 0.280 e. The summed E-state index contributed by atoms with van der Waals surface area (Å²) in [6, 6.07) is 9.13. The molecule has 0 aliphatic carbocycles. The molecule has 5 N–H and O–H groups in total. The van der Waals surface area contributed by atoms with E-state index >= 15 is 0 Å². The van der Waals surface area contributed by atoms with E-state index in [1.54, 1.807) is 19.2 Å². The van der Waals surface area contributed by atoms with Crippen LogP contribution in [-0.4, -0.2) is 121 Å². The van der Waals surface area contributed by atoms with Crippen molar-refractivity contribution < 1.29 is 48.1 Å². The summed E-state index contributed by atoms with van der Waals surface area (Å²) in [5, 5.41) is 20.4. The van der Waals surface area contributed by atoms with Gasteiger partial charge in [0.15, 0.2) is 30.5 Å². The lowest BCUT2D eigenvalue weighted by Crippen LogP contribution is -2.36. The number of anilines is 1. The molecule has 0 bridgehead atoms. The molecule has 5 rings (SSSR count). The summed E-state index contributed by atoms with van der Waals surface area (Å²) in [5.41, 5.74) is 5.52. The molecule has 4 heterocycles. The predicted octanol–water partition coefficient (Wildman–Crippen LogP) is 0.825. The van der Waals surface area contributed by atoms with Gasteiger partial charge in [-0.25, -0.2) is 4.98 Å². The summed E-state index contributed by atoms with van der Waals surface area (Å²) in [4.78, 5) is 22.7. The van der Waals surface area contributed by atoms with Crippen molar-refractivity contribution in [2.45, 2.75) is 69.9 Å². The number of nitrogens with one attached hydrogen (secondary N) is 1. The Balaban J connectivity index is 0.000000291. The fourth-order valence-corrected chi connectivity index (χ4v) is 4.85. The first-order valence-corrected chi connectivity index (χ1v) is 14.6. The smallest absolute Gasteiger partial charge is 0.280 e. The number of aliphatic hydroxyl groups excluding tert-OH is 2. The van der Waals surface area contributed by atoms with Gasteiger partial charge in [-0.15, -0.1) is 0 Å². The number of rotatable bonds is 12. The van der Waals surface area contributed by atoms with Gasteiger partial charge >= 0.3 is 0 Å². The molecule has 2 aromatic heterocycles. The number of aromatic nitrogens is 4. The Bertz CT molecular complexity index is 1330. The van der Waals surface area contributed by atoms with Crippen molar-refractivity contribution in [3.05, 3.63) is 47.0 Å². The second kappa shape index (κ2) is 18.1. The number of fused-ring (bicyclic) bond motifs is 1. The molecular weight excluding hydrogens is 594 g/mol. The maximum absolute atomic E-state index is 12.1. The number of nitrogens with zero attached hydrogens (tertiary/aromatic N) is 3. The van der Waals surface area contributed by atoms with Crippen LogP contribution in [0, 0.1) is 0 Å². The second-order valence-corrected chi connectivity index (χ2v) is 9.64. The molecule has 16 nitrogen and oxygen atoms in total. The largest absolute Gasteiger partial charge is 0.468 e. The van der Waals surface area contributed by atoms with E-state index in [4.69, 9.17) is 43.6 Å². The SMILES string of the molecule is CC.CCOC1OC(COC)C(OC)C1O.COCC1OC(n2cnc3c(=O)[nH]c(N)nc32)C(OCOc2ccccc2)C1O. The van der Waals surface area contributed by atoms with Gasteiger partial charge in [-0.1, -0.05) is 32.0 Å². The zero-order valence-corrected chi connectivity index (χ0v) is 26.4. The van der Waals surface area contributed by atoms with Crippen LogP contribution >= 0.6 is 0 Å². The van der Waals surface area contributed by atoms with Crippen LogP contribution in [0.25, 0.3) is 11.2 Å². The minimum atomic E-state index is -1.00. The molecule has 8 unspecified atom stereocenters. The van der Waals surface area contributed by atoms with Gasteiger partial charge in [0.1, 0.15) is 42.4 Å². The molecule has 0 radical (unpaired) electrons. The third-order valence-electron chi connectivity index (χ3n) is 6.82. The third kappa shape index (κ3) is 8.96. The topological polar surface area (TPSA) is 204 Å². The van der Waals surface area contributed by atoms with Crippen LogP contribution in [0.3, 0.4) is 0 Å². The van der Waals surface area contributed by atoms with Crippen molar-refractivity contribution >= 4 is 17.1 Å². The molecule has 252 valence electrons. The zero-order valence-electron chi connectivity index (χ0n) is 26.4. The van der Waals surface area contributed by atoms with Crippen LogP contribution in [0.2, 0.25) is 0 Å². The molecule has 2 aliphatic heterocycles. The number of H-pyrrole nitrogens is 1. The van der Waals surface area contributed by atoms with E-state index in [2.05, 4.69) is 15.0 Å². The highest BCUT2D eigenvalue weighted by Crippen LogP contribution is 2.33. The van der Waals surface area contributed by atoms with E-state index in [-0.39, 0.29) is 42.7 Å². The first-order chi connectivity index (χ1) is 21.8. The van der Waals surface area contributed by atoms with Crippen LogP contribution in [0.5, 0.6) is 5.75 Å². The molecule has 3 aromatic rings. The number of para-hydroxylation sites is 1. The number of methoxy groups -OCH3 is 3. The first kappa shape index (κ1) is 36.3. The van der Waals surface area contributed by atoms with Gasteiger partial charge in [0.05, 0.1) is 19.5 Å². The summed E-state index contributed by atoms with van der Waals surface area (Å²) in [6.45, 7) is 6.77. The highest BCUT2D eigenvalue weighted by molar-refractivity contribution is 5.70. The van der Waals surface area contributed by atoms with E-state index < -0.39 is 42.5 Å². The summed E-state index contributed by atoms with van der Waals surface area (Å²) in [5.74, 6) is 0.570. The van der Waals surface area contributed by atoms with Gasteiger partial charge in [0.2, 0.25) is 5.95 Å². The fourth-order valence-electron chi connectivity index (χ4n) is 4.85. The van der Waals surface area contributed by atoms with Gasteiger partial charge in [-0.3, -0.25) is 14.3 Å². The second-order valence-electron chi connectivity index (χ2n) is 9.64. The molecule has 1 aromatic carbocycles. The van der Waals surface area contributed by atoms with Crippen LogP contribution < -0.4 is 16.0 Å². The van der Waals surface area contributed by atoms with Crippen LogP contribution in [0.4, 0.5) is 5.95 Å². The molecular formula is C29H45N5O11. The first-order valence-electron chi connectivity index (χ1n) is 14.6. The number of hydrogen-bond donors (Lipinski definition) is 4. The average molecular weight is 640 g/mol. The number of imidazole rings is 1. The van der Waals surface area contributed by atoms with Crippen molar-refractivity contribution in [1.29, 1.82) is 0 Å². The number of aromatic amines is 1. The van der Waals surface area contributed by atoms with Crippen molar-refractivity contribution in [2.75, 3.05) is 53.7 Å². The van der Waals surface area contributed by atoms with Gasteiger partial charge in [-0.05, 0) is 19.1 Å². The van der Waals surface area contributed by atoms with Crippen molar-refractivity contribution in [1.82, 2.24) is 19.5 Å². The van der Waals surface area contributed by atoms with E-state index in [0.717, 1.165) is 0 Å². The Hall–Kier alpha value is -3.19. The van der Waals surface area contributed by atoms with Crippen LogP contribution in [-0.2, 0) is 33.2 Å². The van der Waals surface area contributed by atoms with Gasteiger partial charge in [-0.2, -0.15) is 4.98 Å².